The third kappa shape index (κ3) is 5.17. The first-order valence-electron chi connectivity index (χ1n) is 7.84. The summed E-state index contributed by atoms with van der Waals surface area (Å²) < 4.78 is 11.0. The van der Waals surface area contributed by atoms with Gasteiger partial charge in [0.15, 0.2) is 6.61 Å². The van der Waals surface area contributed by atoms with Crippen LogP contribution in [0.2, 0.25) is 5.02 Å². The molecule has 0 aliphatic heterocycles. The highest BCUT2D eigenvalue weighted by Crippen LogP contribution is 2.25. The Kier molecular flexibility index (Phi) is 6.50. The van der Waals surface area contributed by atoms with Crippen LogP contribution in [0.25, 0.3) is 0 Å². The Morgan fingerprint density at radius 2 is 1.83 bits per heavy atom. The molecule has 128 valence electrons. The molecular weight excluding hydrogens is 326 g/mol. The van der Waals surface area contributed by atoms with Crippen LogP contribution >= 0.6 is 11.6 Å². The van der Waals surface area contributed by atoms with E-state index in [1.165, 1.54) is 0 Å². The smallest absolute Gasteiger partial charge is 0.260 e. The van der Waals surface area contributed by atoms with Crippen molar-refractivity contribution < 1.29 is 14.3 Å². The highest BCUT2D eigenvalue weighted by atomic mass is 35.5. The summed E-state index contributed by atoms with van der Waals surface area (Å²) in [5, 5.41) is 0.502. The number of carbonyl (C=O) groups is 1. The first-order valence-corrected chi connectivity index (χ1v) is 8.22. The van der Waals surface area contributed by atoms with Crippen molar-refractivity contribution in [2.45, 2.75) is 20.4 Å². The predicted molar refractivity (Wildman–Crippen MR) is 95.8 cm³/mol. The Balaban J connectivity index is 1.88. The van der Waals surface area contributed by atoms with Crippen molar-refractivity contribution in [3.63, 3.8) is 0 Å². The fourth-order valence-electron chi connectivity index (χ4n) is 2.19. The Hall–Kier alpha value is -2.20. The Morgan fingerprint density at radius 3 is 2.50 bits per heavy atom. The number of hydrogen-bond donors (Lipinski definition) is 0. The number of rotatable bonds is 7. The summed E-state index contributed by atoms with van der Waals surface area (Å²) >= 11 is 6.07. The van der Waals surface area contributed by atoms with Gasteiger partial charge in [-0.25, -0.2) is 0 Å². The van der Waals surface area contributed by atoms with Crippen molar-refractivity contribution in [3.05, 3.63) is 58.6 Å². The molecule has 0 radical (unpaired) electrons. The Morgan fingerprint density at radius 1 is 1.12 bits per heavy atom. The van der Waals surface area contributed by atoms with Crippen molar-refractivity contribution in [3.8, 4) is 11.5 Å². The van der Waals surface area contributed by atoms with E-state index in [-0.39, 0.29) is 12.5 Å². The number of likely N-dealkylation sites (N-methyl/N-ethyl adjacent to an activating group) is 1. The minimum atomic E-state index is -0.110. The van der Waals surface area contributed by atoms with E-state index in [0.717, 1.165) is 16.9 Å². The normalized spacial score (nSPS) is 10.3. The average Bonchev–Trinajstić information content (AvgIpc) is 2.57. The quantitative estimate of drug-likeness (QED) is 0.757. The third-order valence-corrected chi connectivity index (χ3v) is 3.83. The lowest BCUT2D eigenvalue weighted by atomic mass is 10.2. The predicted octanol–water partition coefficient (Wildman–Crippen LogP) is 4.08. The summed E-state index contributed by atoms with van der Waals surface area (Å²) in [6.45, 7) is 4.99. The summed E-state index contributed by atoms with van der Waals surface area (Å²) in [6.07, 6.45) is 0. The van der Waals surface area contributed by atoms with Gasteiger partial charge in [0.2, 0.25) is 0 Å². The lowest BCUT2D eigenvalue weighted by Crippen LogP contribution is -2.31. The molecule has 0 saturated carbocycles. The van der Waals surface area contributed by atoms with Crippen LogP contribution in [0.15, 0.2) is 42.5 Å². The van der Waals surface area contributed by atoms with Crippen LogP contribution < -0.4 is 9.47 Å². The maximum Gasteiger partial charge on any atom is 0.260 e. The Labute approximate surface area is 147 Å². The van der Waals surface area contributed by atoms with Crippen LogP contribution in [-0.4, -0.2) is 31.1 Å². The van der Waals surface area contributed by atoms with Crippen molar-refractivity contribution in [1.29, 1.82) is 0 Å². The molecule has 1 amide bonds. The molecular formula is C19H22ClNO3. The maximum atomic E-state index is 12.2. The number of benzene rings is 2. The van der Waals surface area contributed by atoms with Gasteiger partial charge in [-0.3, -0.25) is 4.79 Å². The van der Waals surface area contributed by atoms with Crippen LogP contribution in [0, 0.1) is 6.92 Å². The average molecular weight is 348 g/mol. The van der Waals surface area contributed by atoms with E-state index >= 15 is 0 Å². The van der Waals surface area contributed by atoms with E-state index in [4.69, 9.17) is 21.1 Å². The molecule has 0 aliphatic rings. The zero-order valence-corrected chi connectivity index (χ0v) is 15.0. The summed E-state index contributed by atoms with van der Waals surface area (Å²) in [7, 11) is 1.75. The van der Waals surface area contributed by atoms with Gasteiger partial charge >= 0.3 is 0 Å². The van der Waals surface area contributed by atoms with Crippen LogP contribution in [0.3, 0.4) is 0 Å². The molecule has 0 bridgehead atoms. The molecule has 0 heterocycles. The number of halogens is 1. The van der Waals surface area contributed by atoms with Gasteiger partial charge < -0.3 is 14.4 Å². The monoisotopic (exact) mass is 347 g/mol. The molecule has 0 unspecified atom stereocenters. The second-order valence-electron chi connectivity index (χ2n) is 5.55. The van der Waals surface area contributed by atoms with Crippen LogP contribution in [0.4, 0.5) is 0 Å². The van der Waals surface area contributed by atoms with Gasteiger partial charge in [0, 0.05) is 13.6 Å². The fraction of sp³-hybridized carbons (Fsp3) is 0.316. The van der Waals surface area contributed by atoms with Gasteiger partial charge in [-0.2, -0.15) is 0 Å². The topological polar surface area (TPSA) is 38.8 Å². The summed E-state index contributed by atoms with van der Waals surface area (Å²) in [4.78, 5) is 13.8. The standard InChI is InChI=1S/C19H22ClNO3/c1-4-23-16-8-6-15(7-9-16)12-21(3)19(22)13-24-18-11-14(2)5-10-17(18)20/h5-11H,4,12-13H2,1-3H3. The number of hydrogen-bond acceptors (Lipinski definition) is 3. The zero-order chi connectivity index (χ0) is 17.5. The zero-order valence-electron chi connectivity index (χ0n) is 14.2. The second kappa shape index (κ2) is 8.60. The Bertz CT molecular complexity index is 686. The number of ether oxygens (including phenoxy) is 2. The van der Waals surface area contributed by atoms with Crippen molar-refractivity contribution in [2.75, 3.05) is 20.3 Å². The van der Waals surface area contributed by atoms with Crippen LogP contribution in [-0.2, 0) is 11.3 Å². The first-order chi connectivity index (χ1) is 11.5. The highest BCUT2D eigenvalue weighted by molar-refractivity contribution is 6.32. The highest BCUT2D eigenvalue weighted by Gasteiger charge is 2.11. The molecule has 0 atom stereocenters. The van der Waals surface area contributed by atoms with Crippen LogP contribution in [0.1, 0.15) is 18.1 Å². The van der Waals surface area contributed by atoms with E-state index in [1.807, 2.05) is 50.2 Å². The van der Waals surface area contributed by atoms with Gasteiger partial charge in [0.25, 0.3) is 5.91 Å². The molecule has 2 aromatic carbocycles. The van der Waals surface area contributed by atoms with Gasteiger partial charge in [-0.1, -0.05) is 29.8 Å². The summed E-state index contributed by atoms with van der Waals surface area (Å²) in [5.74, 6) is 1.24. The number of nitrogens with zero attached hydrogens (tertiary/aromatic N) is 1. The minimum absolute atomic E-state index is 0.0449. The fourth-order valence-corrected chi connectivity index (χ4v) is 2.36. The molecule has 4 nitrogen and oxygen atoms in total. The van der Waals surface area contributed by atoms with Gasteiger partial charge in [-0.15, -0.1) is 0 Å². The molecule has 24 heavy (non-hydrogen) atoms. The largest absolute Gasteiger partial charge is 0.494 e. The molecule has 2 aromatic rings. The molecule has 0 fully saturated rings. The molecule has 0 aromatic heterocycles. The number of amides is 1. The number of aryl methyl sites for hydroxylation is 1. The molecule has 0 aliphatic carbocycles. The van der Waals surface area contributed by atoms with Crippen molar-refractivity contribution >= 4 is 17.5 Å². The van der Waals surface area contributed by atoms with E-state index in [1.54, 1.807) is 18.0 Å². The molecule has 5 heteroatoms. The molecule has 2 rings (SSSR count). The number of carbonyl (C=O) groups excluding carboxylic acids is 1. The first kappa shape index (κ1) is 18.1. The van der Waals surface area contributed by atoms with E-state index < -0.39 is 0 Å². The van der Waals surface area contributed by atoms with Gasteiger partial charge in [0.05, 0.1) is 11.6 Å². The van der Waals surface area contributed by atoms with Crippen molar-refractivity contribution in [1.82, 2.24) is 4.90 Å². The SMILES string of the molecule is CCOc1ccc(CN(C)C(=O)COc2cc(C)ccc2Cl)cc1. The van der Waals surface area contributed by atoms with E-state index in [0.29, 0.717) is 23.9 Å². The second-order valence-corrected chi connectivity index (χ2v) is 5.96. The molecule has 0 saturated heterocycles. The lowest BCUT2D eigenvalue weighted by molar-refractivity contribution is -0.132. The van der Waals surface area contributed by atoms with E-state index in [2.05, 4.69) is 0 Å². The molecule has 0 spiro atoms. The lowest BCUT2D eigenvalue weighted by Gasteiger charge is -2.18. The van der Waals surface area contributed by atoms with Crippen molar-refractivity contribution in [2.24, 2.45) is 0 Å². The van der Waals surface area contributed by atoms with E-state index in [9.17, 15) is 4.79 Å². The van der Waals surface area contributed by atoms with Gasteiger partial charge in [0.1, 0.15) is 11.5 Å². The summed E-state index contributed by atoms with van der Waals surface area (Å²) in [5.41, 5.74) is 2.06. The van der Waals surface area contributed by atoms with Crippen LogP contribution in [0.5, 0.6) is 11.5 Å². The summed E-state index contributed by atoms with van der Waals surface area (Å²) in [6, 6.07) is 13.2. The molecule has 0 N–H and O–H groups in total. The van der Waals surface area contributed by atoms with Gasteiger partial charge in [-0.05, 0) is 49.2 Å². The third-order valence-electron chi connectivity index (χ3n) is 3.52. The minimum Gasteiger partial charge on any atom is -0.494 e. The maximum absolute atomic E-state index is 12.2.